The Bertz CT molecular complexity index is 1080. The predicted molar refractivity (Wildman–Crippen MR) is 112 cm³/mol. The Morgan fingerprint density at radius 1 is 1.00 bits per heavy atom. The summed E-state index contributed by atoms with van der Waals surface area (Å²) in [6.45, 7) is 2.88. The van der Waals surface area contributed by atoms with E-state index in [1.165, 1.54) is 4.57 Å². The van der Waals surface area contributed by atoms with E-state index in [1.807, 2.05) is 18.2 Å². The average molecular weight is 464 g/mol. The Hall–Kier alpha value is -3.47. The molecule has 8 nitrogen and oxygen atoms in total. The summed E-state index contributed by atoms with van der Waals surface area (Å²) in [5, 5.41) is 14.8. The standard InChI is InChI=1S/C20H21F3N4.C2H2O4/c21-20(22,23)19-25-17-6-1-2-7-18(17)27(19)13-15-8-11-26(12-9-15)14-16-5-3-4-10-24-16;3-1(4)2(5)6/h1-7,10,15H,8-9,11-14H2;(H,3,4)(H,5,6). The van der Waals surface area contributed by atoms with Gasteiger partial charge in [0.05, 0.1) is 16.7 Å². The molecule has 3 heterocycles. The van der Waals surface area contributed by atoms with Crippen molar-refractivity contribution < 1.29 is 33.0 Å². The number of imidazole rings is 1. The minimum Gasteiger partial charge on any atom is -0.473 e. The molecule has 0 saturated carbocycles. The number of hydrogen-bond donors (Lipinski definition) is 2. The van der Waals surface area contributed by atoms with E-state index in [0.29, 0.717) is 17.6 Å². The first-order valence-electron chi connectivity index (χ1n) is 10.3. The molecule has 1 saturated heterocycles. The molecule has 1 aliphatic heterocycles. The monoisotopic (exact) mass is 464 g/mol. The summed E-state index contributed by atoms with van der Waals surface area (Å²) in [6.07, 6.45) is -0.920. The topological polar surface area (TPSA) is 109 Å². The molecular weight excluding hydrogens is 441 g/mol. The average Bonchev–Trinajstić information content (AvgIpc) is 3.15. The number of fused-ring (bicyclic) bond motifs is 1. The van der Waals surface area contributed by atoms with Crippen LogP contribution in [0, 0.1) is 5.92 Å². The first-order valence-corrected chi connectivity index (χ1v) is 10.3. The molecular formula is C22H23F3N4O4. The van der Waals surface area contributed by atoms with Crippen molar-refractivity contribution in [2.45, 2.75) is 32.1 Å². The quantitative estimate of drug-likeness (QED) is 0.569. The van der Waals surface area contributed by atoms with Gasteiger partial charge in [-0.3, -0.25) is 9.88 Å². The van der Waals surface area contributed by atoms with Gasteiger partial charge >= 0.3 is 18.1 Å². The van der Waals surface area contributed by atoms with Crippen molar-refractivity contribution in [2.24, 2.45) is 5.92 Å². The minimum absolute atomic E-state index is 0.212. The van der Waals surface area contributed by atoms with Gasteiger partial charge in [-0.25, -0.2) is 14.6 Å². The molecule has 1 fully saturated rings. The van der Waals surface area contributed by atoms with Gasteiger partial charge < -0.3 is 14.8 Å². The maximum absolute atomic E-state index is 13.4. The lowest BCUT2D eigenvalue weighted by atomic mass is 9.96. The van der Waals surface area contributed by atoms with Crippen LogP contribution in [0.5, 0.6) is 0 Å². The molecule has 0 radical (unpaired) electrons. The number of piperidine rings is 1. The minimum atomic E-state index is -4.45. The normalized spacial score (nSPS) is 15.1. The maximum Gasteiger partial charge on any atom is 0.449 e. The van der Waals surface area contributed by atoms with E-state index in [4.69, 9.17) is 19.8 Å². The van der Waals surface area contributed by atoms with Gasteiger partial charge in [-0.1, -0.05) is 18.2 Å². The largest absolute Gasteiger partial charge is 0.473 e. The van der Waals surface area contributed by atoms with Crippen molar-refractivity contribution in [2.75, 3.05) is 13.1 Å². The molecule has 33 heavy (non-hydrogen) atoms. The molecule has 0 aliphatic carbocycles. The van der Waals surface area contributed by atoms with E-state index in [2.05, 4.69) is 14.9 Å². The van der Waals surface area contributed by atoms with Gasteiger partial charge in [-0.05, 0) is 56.1 Å². The fourth-order valence-corrected chi connectivity index (χ4v) is 3.78. The summed E-state index contributed by atoms with van der Waals surface area (Å²) in [6, 6.07) is 12.7. The lowest BCUT2D eigenvalue weighted by Gasteiger charge is -2.32. The third-order valence-electron chi connectivity index (χ3n) is 5.35. The number of benzene rings is 1. The van der Waals surface area contributed by atoms with E-state index < -0.39 is 23.9 Å². The van der Waals surface area contributed by atoms with E-state index in [9.17, 15) is 13.2 Å². The van der Waals surface area contributed by atoms with Crippen LogP contribution in [-0.4, -0.2) is 54.7 Å². The molecule has 1 aromatic carbocycles. The second kappa shape index (κ2) is 10.4. The van der Waals surface area contributed by atoms with E-state index >= 15 is 0 Å². The molecule has 1 aliphatic rings. The molecule has 0 bridgehead atoms. The highest BCUT2D eigenvalue weighted by Crippen LogP contribution is 2.33. The van der Waals surface area contributed by atoms with Gasteiger partial charge in [0.1, 0.15) is 0 Å². The summed E-state index contributed by atoms with van der Waals surface area (Å²) in [7, 11) is 0. The Morgan fingerprint density at radius 2 is 1.64 bits per heavy atom. The molecule has 0 spiro atoms. The maximum atomic E-state index is 13.4. The summed E-state index contributed by atoms with van der Waals surface area (Å²) in [5.41, 5.74) is 1.98. The van der Waals surface area contributed by atoms with Crippen molar-refractivity contribution in [1.82, 2.24) is 19.4 Å². The van der Waals surface area contributed by atoms with Crippen LogP contribution >= 0.6 is 0 Å². The number of carboxylic acids is 2. The summed E-state index contributed by atoms with van der Waals surface area (Å²) in [4.78, 5) is 28.7. The number of carboxylic acid groups (broad SMARTS) is 2. The van der Waals surface area contributed by atoms with Crippen LogP contribution < -0.4 is 0 Å². The lowest BCUT2D eigenvalue weighted by Crippen LogP contribution is -2.35. The number of nitrogens with zero attached hydrogens (tertiary/aromatic N) is 4. The first-order chi connectivity index (χ1) is 15.6. The summed E-state index contributed by atoms with van der Waals surface area (Å²) in [5.74, 6) is -4.23. The number of hydrogen-bond acceptors (Lipinski definition) is 5. The molecule has 2 aromatic heterocycles. The fraction of sp³-hybridized carbons (Fsp3) is 0.364. The van der Waals surface area contributed by atoms with Crippen LogP contribution in [0.15, 0.2) is 48.7 Å². The molecule has 176 valence electrons. The molecule has 0 amide bonds. The van der Waals surface area contributed by atoms with Crippen molar-refractivity contribution in [3.8, 4) is 0 Å². The Kier molecular flexibility index (Phi) is 7.64. The van der Waals surface area contributed by atoms with Crippen LogP contribution in [0.2, 0.25) is 0 Å². The number of pyridine rings is 1. The first kappa shape index (κ1) is 24.2. The van der Waals surface area contributed by atoms with Gasteiger partial charge in [-0.15, -0.1) is 0 Å². The van der Waals surface area contributed by atoms with Crippen LogP contribution in [0.3, 0.4) is 0 Å². The number of carbonyl (C=O) groups is 2. The fourth-order valence-electron chi connectivity index (χ4n) is 3.78. The molecule has 3 aromatic rings. The number of aliphatic carboxylic acids is 2. The van der Waals surface area contributed by atoms with Crippen LogP contribution in [0.25, 0.3) is 11.0 Å². The lowest BCUT2D eigenvalue weighted by molar-refractivity contribution is -0.159. The van der Waals surface area contributed by atoms with E-state index in [0.717, 1.165) is 38.2 Å². The zero-order valence-corrected chi connectivity index (χ0v) is 17.6. The van der Waals surface area contributed by atoms with Crippen molar-refractivity contribution >= 4 is 23.0 Å². The Morgan fingerprint density at radius 3 is 2.21 bits per heavy atom. The highest BCUT2D eigenvalue weighted by atomic mass is 19.4. The van der Waals surface area contributed by atoms with Gasteiger partial charge in [0.15, 0.2) is 0 Å². The van der Waals surface area contributed by atoms with Crippen LogP contribution in [0.1, 0.15) is 24.4 Å². The van der Waals surface area contributed by atoms with Gasteiger partial charge in [0.2, 0.25) is 5.82 Å². The molecule has 0 unspecified atom stereocenters. The second-order valence-electron chi connectivity index (χ2n) is 7.68. The van der Waals surface area contributed by atoms with Crippen molar-refractivity contribution in [1.29, 1.82) is 0 Å². The highest BCUT2D eigenvalue weighted by Gasteiger charge is 2.38. The van der Waals surface area contributed by atoms with Crippen LogP contribution in [0.4, 0.5) is 13.2 Å². The third kappa shape index (κ3) is 6.51. The zero-order valence-electron chi connectivity index (χ0n) is 17.6. The second-order valence-corrected chi connectivity index (χ2v) is 7.68. The number of rotatable bonds is 4. The van der Waals surface area contributed by atoms with Crippen molar-refractivity contribution in [3.05, 3.63) is 60.2 Å². The van der Waals surface area contributed by atoms with E-state index in [1.54, 1.807) is 30.5 Å². The molecule has 0 atom stereocenters. The molecule has 4 rings (SSSR count). The predicted octanol–water partition coefficient (Wildman–Crippen LogP) is 3.52. The van der Waals surface area contributed by atoms with Gasteiger partial charge in [-0.2, -0.15) is 13.2 Å². The van der Waals surface area contributed by atoms with Crippen LogP contribution in [-0.2, 0) is 28.9 Å². The summed E-state index contributed by atoms with van der Waals surface area (Å²) >= 11 is 0. The zero-order chi connectivity index (χ0) is 24.0. The van der Waals surface area contributed by atoms with E-state index in [-0.39, 0.29) is 5.92 Å². The number of likely N-dealkylation sites (tertiary alicyclic amines) is 1. The number of para-hydroxylation sites is 2. The SMILES string of the molecule is FC(F)(F)c1nc2ccccc2n1CC1CCN(Cc2ccccn2)CC1.O=C(O)C(=O)O. The van der Waals surface area contributed by atoms with Gasteiger partial charge in [0.25, 0.3) is 0 Å². The summed E-state index contributed by atoms with van der Waals surface area (Å²) < 4.78 is 41.7. The Labute approximate surface area is 187 Å². The van der Waals surface area contributed by atoms with Gasteiger partial charge in [0, 0.05) is 19.3 Å². The number of halogens is 3. The number of alkyl halides is 3. The molecule has 11 heteroatoms. The number of aromatic nitrogens is 3. The molecule has 2 N–H and O–H groups in total. The third-order valence-corrected chi connectivity index (χ3v) is 5.35. The Balaban J connectivity index is 0.000000454. The van der Waals surface area contributed by atoms with Crippen molar-refractivity contribution in [3.63, 3.8) is 0 Å². The smallest absolute Gasteiger partial charge is 0.449 e. The highest BCUT2D eigenvalue weighted by molar-refractivity contribution is 6.27.